The zero-order valence-corrected chi connectivity index (χ0v) is 10.8. The first-order valence-electron chi connectivity index (χ1n) is 6.60. The van der Waals surface area contributed by atoms with Gasteiger partial charge in [-0.25, -0.2) is 0 Å². The van der Waals surface area contributed by atoms with Gasteiger partial charge in [-0.05, 0) is 18.4 Å². The van der Waals surface area contributed by atoms with E-state index in [2.05, 4.69) is 6.92 Å². The summed E-state index contributed by atoms with van der Waals surface area (Å²) in [5, 5.41) is 0. The molecule has 2 rings (SSSR count). The summed E-state index contributed by atoms with van der Waals surface area (Å²) < 4.78 is 0. The highest BCUT2D eigenvalue weighted by Crippen LogP contribution is 2.12. The van der Waals surface area contributed by atoms with Crippen LogP contribution in [0.15, 0.2) is 24.3 Å². The lowest BCUT2D eigenvalue weighted by atomic mass is 10.0. The molecule has 96 valence electrons. The molecule has 1 aromatic carbocycles. The van der Waals surface area contributed by atoms with Crippen molar-refractivity contribution in [2.75, 3.05) is 13.1 Å². The molecule has 0 saturated carbocycles. The molecule has 0 aromatic heterocycles. The highest BCUT2D eigenvalue weighted by molar-refractivity contribution is 5.96. The van der Waals surface area contributed by atoms with Crippen molar-refractivity contribution in [1.29, 1.82) is 0 Å². The smallest absolute Gasteiger partial charge is 0.222 e. The monoisotopic (exact) mass is 245 g/mol. The van der Waals surface area contributed by atoms with Gasteiger partial charge in [-0.2, -0.15) is 0 Å². The van der Waals surface area contributed by atoms with E-state index >= 15 is 0 Å². The average Bonchev–Trinajstić information content (AvgIpc) is 3.23. The van der Waals surface area contributed by atoms with Gasteiger partial charge in [0, 0.05) is 31.5 Å². The van der Waals surface area contributed by atoms with Crippen LogP contribution in [0.2, 0.25) is 0 Å². The van der Waals surface area contributed by atoms with Gasteiger partial charge in [-0.15, -0.1) is 0 Å². The first-order valence-corrected chi connectivity index (χ1v) is 6.60. The van der Waals surface area contributed by atoms with E-state index in [9.17, 15) is 9.59 Å². The third-order valence-electron chi connectivity index (χ3n) is 3.28. The summed E-state index contributed by atoms with van der Waals surface area (Å²) in [7, 11) is 0. The van der Waals surface area contributed by atoms with Crippen LogP contribution in [0.25, 0.3) is 0 Å². The van der Waals surface area contributed by atoms with Crippen molar-refractivity contribution in [3.05, 3.63) is 35.4 Å². The molecule has 0 atom stereocenters. The van der Waals surface area contributed by atoms with E-state index < -0.39 is 0 Å². The molecule has 1 saturated heterocycles. The van der Waals surface area contributed by atoms with Crippen molar-refractivity contribution in [3.63, 3.8) is 0 Å². The summed E-state index contributed by atoms with van der Waals surface area (Å²) in [5.41, 5.74) is 2.00. The van der Waals surface area contributed by atoms with Gasteiger partial charge in [0.25, 0.3) is 0 Å². The Labute approximate surface area is 108 Å². The molecule has 18 heavy (non-hydrogen) atoms. The minimum absolute atomic E-state index is 0.135. The van der Waals surface area contributed by atoms with Crippen molar-refractivity contribution in [3.8, 4) is 0 Å². The van der Waals surface area contributed by atoms with E-state index in [1.54, 1.807) is 4.90 Å². The first-order chi connectivity index (χ1) is 8.70. The van der Waals surface area contributed by atoms with Crippen LogP contribution in [0.4, 0.5) is 0 Å². The second-order valence-corrected chi connectivity index (χ2v) is 4.71. The Balaban J connectivity index is 1.77. The van der Waals surface area contributed by atoms with Crippen molar-refractivity contribution in [1.82, 2.24) is 4.90 Å². The van der Waals surface area contributed by atoms with Gasteiger partial charge in [0.15, 0.2) is 5.78 Å². The van der Waals surface area contributed by atoms with Gasteiger partial charge in [-0.3, -0.25) is 9.59 Å². The molecule has 0 unspecified atom stereocenters. The van der Waals surface area contributed by atoms with Crippen LogP contribution in [0, 0.1) is 0 Å². The van der Waals surface area contributed by atoms with Gasteiger partial charge >= 0.3 is 0 Å². The number of hydrogen-bond donors (Lipinski definition) is 0. The summed E-state index contributed by atoms with van der Waals surface area (Å²) in [5.74, 6) is 0.320. The van der Waals surface area contributed by atoms with Crippen molar-refractivity contribution in [2.24, 2.45) is 0 Å². The highest BCUT2D eigenvalue weighted by atomic mass is 16.2. The molecular formula is C15H19NO2. The van der Waals surface area contributed by atoms with Crippen LogP contribution in [0.1, 0.15) is 42.1 Å². The molecule has 3 heteroatoms. The third kappa shape index (κ3) is 3.42. The number of carbonyl (C=O) groups is 2. The number of aryl methyl sites for hydroxylation is 1. The third-order valence-corrected chi connectivity index (χ3v) is 3.28. The molecule has 0 radical (unpaired) electrons. The number of hydrogen-bond acceptors (Lipinski definition) is 2. The molecule has 1 fully saturated rings. The van der Waals surface area contributed by atoms with Crippen LogP contribution in [-0.2, 0) is 11.2 Å². The highest BCUT2D eigenvalue weighted by Gasteiger charge is 2.23. The Kier molecular flexibility index (Phi) is 4.13. The van der Waals surface area contributed by atoms with Crippen molar-refractivity contribution >= 4 is 11.7 Å². The SMILES string of the molecule is CCc1ccc(C(=O)CCCC(=O)N2CC2)cc1. The van der Waals surface area contributed by atoms with E-state index in [0.29, 0.717) is 19.3 Å². The van der Waals surface area contributed by atoms with Crippen LogP contribution < -0.4 is 0 Å². The summed E-state index contributed by atoms with van der Waals surface area (Å²) in [4.78, 5) is 25.1. The number of amides is 1. The molecule has 3 nitrogen and oxygen atoms in total. The van der Waals surface area contributed by atoms with Crippen LogP contribution in [0.3, 0.4) is 0 Å². The number of rotatable bonds is 6. The molecule has 1 heterocycles. The maximum absolute atomic E-state index is 11.9. The lowest BCUT2D eigenvalue weighted by Crippen LogP contribution is -2.10. The Morgan fingerprint density at radius 1 is 1.11 bits per heavy atom. The number of benzene rings is 1. The fourth-order valence-electron chi connectivity index (χ4n) is 1.93. The lowest BCUT2D eigenvalue weighted by Gasteiger charge is -2.03. The van der Waals surface area contributed by atoms with Gasteiger partial charge in [0.05, 0.1) is 0 Å². The fraction of sp³-hybridized carbons (Fsp3) is 0.467. The lowest BCUT2D eigenvalue weighted by molar-refractivity contribution is -0.125. The van der Waals surface area contributed by atoms with Crippen molar-refractivity contribution < 1.29 is 9.59 Å². The molecule has 1 aliphatic heterocycles. The minimum Gasteiger partial charge on any atom is -0.339 e. The van der Waals surface area contributed by atoms with E-state index in [1.807, 2.05) is 24.3 Å². The van der Waals surface area contributed by atoms with E-state index in [-0.39, 0.29) is 11.7 Å². The van der Waals surface area contributed by atoms with Gasteiger partial charge < -0.3 is 4.90 Å². The Morgan fingerprint density at radius 3 is 2.33 bits per heavy atom. The molecule has 1 aromatic rings. The topological polar surface area (TPSA) is 37.1 Å². The maximum Gasteiger partial charge on any atom is 0.222 e. The minimum atomic E-state index is 0.135. The summed E-state index contributed by atoms with van der Waals surface area (Å²) in [6, 6.07) is 7.75. The molecule has 0 aliphatic carbocycles. The second-order valence-electron chi connectivity index (χ2n) is 4.71. The standard InChI is InChI=1S/C15H19NO2/c1-2-12-6-8-13(9-7-12)14(17)4-3-5-15(18)16-10-11-16/h6-9H,2-5,10-11H2,1H3. The molecular weight excluding hydrogens is 226 g/mol. The number of Topliss-reactive ketones (excluding diaryl/α,β-unsaturated/α-hetero) is 1. The molecule has 1 aliphatic rings. The Bertz CT molecular complexity index is 432. The summed E-state index contributed by atoms with van der Waals surface area (Å²) in [6.07, 6.45) is 2.60. The van der Waals surface area contributed by atoms with Gasteiger partial charge in [-0.1, -0.05) is 31.2 Å². The Morgan fingerprint density at radius 2 is 1.78 bits per heavy atom. The predicted octanol–water partition coefficient (Wildman–Crippen LogP) is 2.44. The fourth-order valence-corrected chi connectivity index (χ4v) is 1.93. The molecule has 0 spiro atoms. The van der Waals surface area contributed by atoms with Crippen LogP contribution >= 0.6 is 0 Å². The zero-order valence-electron chi connectivity index (χ0n) is 10.8. The molecule has 0 N–H and O–H groups in total. The largest absolute Gasteiger partial charge is 0.339 e. The summed E-state index contributed by atoms with van der Waals surface area (Å²) in [6.45, 7) is 3.88. The van der Waals surface area contributed by atoms with Crippen LogP contribution in [-0.4, -0.2) is 29.7 Å². The molecule has 1 amide bonds. The van der Waals surface area contributed by atoms with Crippen molar-refractivity contribution in [2.45, 2.75) is 32.6 Å². The average molecular weight is 245 g/mol. The maximum atomic E-state index is 11.9. The number of carbonyl (C=O) groups excluding carboxylic acids is 2. The summed E-state index contributed by atoms with van der Waals surface area (Å²) >= 11 is 0. The van der Waals surface area contributed by atoms with Crippen LogP contribution in [0.5, 0.6) is 0 Å². The molecule has 0 bridgehead atoms. The van der Waals surface area contributed by atoms with E-state index in [0.717, 1.165) is 25.1 Å². The van der Waals surface area contributed by atoms with Gasteiger partial charge in [0.1, 0.15) is 0 Å². The number of ketones is 1. The van der Waals surface area contributed by atoms with E-state index in [1.165, 1.54) is 5.56 Å². The predicted molar refractivity (Wildman–Crippen MR) is 70.6 cm³/mol. The Hall–Kier alpha value is -1.64. The van der Waals surface area contributed by atoms with Gasteiger partial charge in [0.2, 0.25) is 5.91 Å². The number of nitrogens with zero attached hydrogens (tertiary/aromatic N) is 1. The van der Waals surface area contributed by atoms with E-state index in [4.69, 9.17) is 0 Å². The zero-order chi connectivity index (χ0) is 13.0. The second kappa shape index (κ2) is 5.80. The quantitative estimate of drug-likeness (QED) is 0.570. The normalized spacial score (nSPS) is 13.5. The first kappa shape index (κ1) is 12.8.